The Labute approximate surface area is 164 Å². The van der Waals surface area contributed by atoms with Crippen molar-refractivity contribution >= 4 is 0 Å². The quantitative estimate of drug-likeness (QED) is 0.548. The number of hydrogen-bond acceptors (Lipinski definition) is 3. The summed E-state index contributed by atoms with van der Waals surface area (Å²) >= 11 is 0. The minimum Gasteiger partial charge on any atom is -0.508 e. The van der Waals surface area contributed by atoms with Crippen LogP contribution in [0.15, 0.2) is 12.1 Å². The Morgan fingerprint density at radius 1 is 1.26 bits per heavy atom. The van der Waals surface area contributed by atoms with Crippen LogP contribution >= 0.6 is 0 Å². The van der Waals surface area contributed by atoms with Gasteiger partial charge in [0.2, 0.25) is 0 Å². The van der Waals surface area contributed by atoms with Gasteiger partial charge in [0.25, 0.3) is 0 Å². The van der Waals surface area contributed by atoms with Crippen LogP contribution < -0.4 is 4.74 Å². The van der Waals surface area contributed by atoms with E-state index in [-0.39, 0.29) is 23.0 Å². The van der Waals surface area contributed by atoms with E-state index in [0.717, 1.165) is 55.4 Å². The van der Waals surface area contributed by atoms with Crippen molar-refractivity contribution in [3.8, 4) is 23.8 Å². The van der Waals surface area contributed by atoms with Crippen molar-refractivity contribution in [1.29, 1.82) is 0 Å². The lowest BCUT2D eigenvalue weighted by atomic mass is 9.65. The number of benzene rings is 1. The number of aliphatic hydroxyl groups is 1. The molecule has 0 unspecified atom stereocenters. The highest BCUT2D eigenvalue weighted by atomic mass is 16.5. The molecule has 3 nitrogen and oxygen atoms in total. The van der Waals surface area contributed by atoms with Gasteiger partial charge in [-0.15, -0.1) is 12.3 Å². The van der Waals surface area contributed by atoms with Crippen molar-refractivity contribution < 1.29 is 14.9 Å². The summed E-state index contributed by atoms with van der Waals surface area (Å²) in [7, 11) is 0. The van der Waals surface area contributed by atoms with E-state index in [2.05, 4.69) is 39.7 Å². The highest BCUT2D eigenvalue weighted by molar-refractivity contribution is 5.53. The number of terminal acetylenes is 1. The number of phenols is 1. The molecule has 0 amide bonds. The van der Waals surface area contributed by atoms with E-state index >= 15 is 0 Å². The topological polar surface area (TPSA) is 49.7 Å². The lowest BCUT2D eigenvalue weighted by Crippen LogP contribution is -2.47. The molecule has 1 aliphatic heterocycles. The van der Waals surface area contributed by atoms with Gasteiger partial charge in [0.15, 0.2) is 0 Å². The Kier molecular flexibility index (Phi) is 5.50. The van der Waals surface area contributed by atoms with Gasteiger partial charge in [-0.3, -0.25) is 0 Å². The summed E-state index contributed by atoms with van der Waals surface area (Å²) in [6.45, 7) is 8.70. The molecule has 0 spiro atoms. The second-order valence-electron chi connectivity index (χ2n) is 9.59. The fraction of sp³-hybridized carbons (Fsp3) is 0.667. The summed E-state index contributed by atoms with van der Waals surface area (Å²) < 4.78 is 6.42. The predicted octanol–water partition coefficient (Wildman–Crippen LogP) is 5.28. The fourth-order valence-corrected chi connectivity index (χ4v) is 5.06. The van der Waals surface area contributed by atoms with Crippen molar-refractivity contribution in [2.75, 3.05) is 0 Å². The van der Waals surface area contributed by atoms with E-state index in [1.165, 1.54) is 0 Å². The van der Waals surface area contributed by atoms with Gasteiger partial charge in [0.1, 0.15) is 17.1 Å². The first-order valence-corrected chi connectivity index (χ1v) is 10.3. The number of hydrogen-bond donors (Lipinski definition) is 2. The zero-order valence-corrected chi connectivity index (χ0v) is 17.2. The first-order chi connectivity index (χ1) is 12.7. The molecular weight excluding hydrogens is 336 g/mol. The van der Waals surface area contributed by atoms with Crippen molar-refractivity contribution in [1.82, 2.24) is 0 Å². The SMILES string of the molecule is C#CCCCCC(C)(C)c1cc(O)c2c(c1)OC(C)(C)[C@@H]1CC[C@H](O)C[C@@H]21. The van der Waals surface area contributed by atoms with Gasteiger partial charge in [-0.05, 0) is 69.1 Å². The normalized spacial score (nSPS) is 26.4. The summed E-state index contributed by atoms with van der Waals surface area (Å²) in [6.07, 6.45) is 11.4. The molecule has 3 rings (SSSR count). The minimum atomic E-state index is -0.292. The number of fused-ring (bicyclic) bond motifs is 3. The fourth-order valence-electron chi connectivity index (χ4n) is 5.06. The molecule has 3 heteroatoms. The van der Waals surface area contributed by atoms with Gasteiger partial charge in [-0.1, -0.05) is 20.3 Å². The van der Waals surface area contributed by atoms with Crippen LogP contribution in [0.4, 0.5) is 0 Å². The third-order valence-corrected chi connectivity index (χ3v) is 6.73. The molecule has 1 aromatic rings. The maximum absolute atomic E-state index is 10.9. The molecule has 1 saturated carbocycles. The number of rotatable bonds is 5. The highest BCUT2D eigenvalue weighted by Crippen LogP contribution is 2.55. The van der Waals surface area contributed by atoms with Crippen LogP contribution in [0.25, 0.3) is 0 Å². The molecule has 3 atom stereocenters. The van der Waals surface area contributed by atoms with E-state index in [0.29, 0.717) is 18.1 Å². The van der Waals surface area contributed by atoms with Gasteiger partial charge < -0.3 is 14.9 Å². The molecule has 0 saturated heterocycles. The van der Waals surface area contributed by atoms with Crippen LogP contribution in [0.2, 0.25) is 0 Å². The largest absolute Gasteiger partial charge is 0.508 e. The Bertz CT molecular complexity index is 726. The molecule has 2 N–H and O–H groups in total. The molecule has 1 fully saturated rings. The molecular formula is C24H34O3. The van der Waals surface area contributed by atoms with Crippen molar-refractivity contribution in [3.05, 3.63) is 23.3 Å². The summed E-state index contributed by atoms with van der Waals surface area (Å²) in [5.41, 5.74) is 1.65. The minimum absolute atomic E-state index is 0.0580. The summed E-state index contributed by atoms with van der Waals surface area (Å²) in [4.78, 5) is 0. The maximum atomic E-state index is 10.9. The smallest absolute Gasteiger partial charge is 0.127 e. The highest BCUT2D eigenvalue weighted by Gasteiger charge is 2.47. The Balaban J connectivity index is 1.93. The molecule has 148 valence electrons. The Hall–Kier alpha value is -1.66. The van der Waals surface area contributed by atoms with E-state index in [1.54, 1.807) is 0 Å². The summed E-state index contributed by atoms with van der Waals surface area (Å²) in [5.74, 6) is 4.29. The average Bonchev–Trinajstić information content (AvgIpc) is 2.57. The van der Waals surface area contributed by atoms with Crippen LogP contribution in [0.3, 0.4) is 0 Å². The zero-order valence-electron chi connectivity index (χ0n) is 17.2. The van der Waals surface area contributed by atoms with Crippen LogP contribution in [0, 0.1) is 18.3 Å². The molecule has 1 aliphatic carbocycles. The first-order valence-electron chi connectivity index (χ1n) is 10.3. The van der Waals surface area contributed by atoms with Crippen LogP contribution in [0.1, 0.15) is 89.7 Å². The maximum Gasteiger partial charge on any atom is 0.127 e. The van der Waals surface area contributed by atoms with Crippen molar-refractivity contribution in [2.45, 2.75) is 95.7 Å². The third-order valence-electron chi connectivity index (χ3n) is 6.73. The van der Waals surface area contributed by atoms with E-state index in [1.807, 2.05) is 6.07 Å². The van der Waals surface area contributed by atoms with E-state index in [4.69, 9.17) is 11.2 Å². The van der Waals surface area contributed by atoms with Gasteiger partial charge >= 0.3 is 0 Å². The van der Waals surface area contributed by atoms with Gasteiger partial charge in [0.05, 0.1) is 6.10 Å². The van der Waals surface area contributed by atoms with Crippen LogP contribution in [-0.2, 0) is 5.41 Å². The molecule has 0 aromatic heterocycles. The average molecular weight is 371 g/mol. The second kappa shape index (κ2) is 7.40. The molecule has 2 aliphatic rings. The number of ether oxygens (including phenoxy) is 1. The Morgan fingerprint density at radius 3 is 2.70 bits per heavy atom. The molecule has 27 heavy (non-hydrogen) atoms. The number of phenolic OH excluding ortho intramolecular Hbond substituents is 1. The summed E-state index contributed by atoms with van der Waals surface area (Å²) in [6, 6.07) is 4.04. The lowest BCUT2D eigenvalue weighted by Gasteiger charge is -2.48. The molecule has 0 bridgehead atoms. The van der Waals surface area contributed by atoms with Gasteiger partial charge in [-0.25, -0.2) is 0 Å². The molecule has 1 aromatic carbocycles. The predicted molar refractivity (Wildman–Crippen MR) is 109 cm³/mol. The molecule has 0 radical (unpaired) electrons. The number of aromatic hydroxyl groups is 1. The molecule has 1 heterocycles. The summed E-state index contributed by atoms with van der Waals surface area (Å²) in [5, 5.41) is 21.1. The van der Waals surface area contributed by atoms with Gasteiger partial charge in [0, 0.05) is 23.8 Å². The van der Waals surface area contributed by atoms with Crippen molar-refractivity contribution in [3.63, 3.8) is 0 Å². The lowest BCUT2D eigenvalue weighted by molar-refractivity contribution is -0.0318. The van der Waals surface area contributed by atoms with Gasteiger partial charge in [-0.2, -0.15) is 0 Å². The van der Waals surface area contributed by atoms with Crippen LogP contribution in [0.5, 0.6) is 11.5 Å². The monoisotopic (exact) mass is 370 g/mol. The van der Waals surface area contributed by atoms with E-state index < -0.39 is 0 Å². The van der Waals surface area contributed by atoms with E-state index in [9.17, 15) is 10.2 Å². The standard InChI is InChI=1S/C24H34O3/c1-6-7-8-9-12-23(2,3)16-13-20(26)22-18-15-17(25)10-11-19(18)24(4,5)27-21(22)14-16/h1,13-14,17-19,25-26H,7-12,15H2,2-5H3/t17-,18+,19+/m0/s1. The van der Waals surface area contributed by atoms with Crippen LogP contribution in [-0.4, -0.2) is 21.9 Å². The number of unbranched alkanes of at least 4 members (excludes halogenated alkanes) is 2. The third kappa shape index (κ3) is 3.97. The Morgan fingerprint density at radius 2 is 2.00 bits per heavy atom. The zero-order chi connectivity index (χ0) is 19.8. The van der Waals surface area contributed by atoms with Crippen molar-refractivity contribution in [2.24, 2.45) is 5.92 Å². The number of aliphatic hydroxyl groups excluding tert-OH is 1. The first kappa shape index (κ1) is 20.1. The second-order valence-corrected chi connectivity index (χ2v) is 9.59.